The highest BCUT2D eigenvalue weighted by molar-refractivity contribution is 5.26. The average Bonchev–Trinajstić information content (AvgIpc) is 2.72. The number of hydrogen-bond donors (Lipinski definition) is 5. The number of aliphatic hydroxyl groups is 5. The molecule has 0 amide bonds. The van der Waals surface area contributed by atoms with Crippen LogP contribution in [0.1, 0.15) is 51.0 Å². The molecule has 4 atom stereocenters. The second-order valence-electron chi connectivity index (χ2n) is 7.07. The van der Waals surface area contributed by atoms with Crippen LogP contribution in [0.2, 0.25) is 0 Å². The highest BCUT2D eigenvalue weighted by Crippen LogP contribution is 2.14. The fourth-order valence-electron chi connectivity index (χ4n) is 2.71. The lowest BCUT2D eigenvalue weighted by atomic mass is 10.0. The van der Waals surface area contributed by atoms with E-state index >= 15 is 0 Å². The van der Waals surface area contributed by atoms with E-state index in [2.05, 4.69) is 6.92 Å². The van der Waals surface area contributed by atoms with Gasteiger partial charge in [-0.2, -0.15) is 0 Å². The van der Waals surface area contributed by atoms with E-state index in [-0.39, 0.29) is 13.2 Å². The summed E-state index contributed by atoms with van der Waals surface area (Å²) in [6, 6.07) is 7.46. The van der Waals surface area contributed by atoms with Gasteiger partial charge in [0.15, 0.2) is 0 Å². The van der Waals surface area contributed by atoms with Crippen molar-refractivity contribution in [2.24, 2.45) is 0 Å². The van der Waals surface area contributed by atoms with E-state index in [0.717, 1.165) is 17.7 Å². The molecule has 0 heterocycles. The highest BCUT2D eigenvalue weighted by Gasteiger charge is 2.29. The summed E-state index contributed by atoms with van der Waals surface area (Å²) in [5.74, 6) is 0.800. The molecule has 1 rings (SSSR count). The van der Waals surface area contributed by atoms with Crippen LogP contribution in [0.3, 0.4) is 0 Å². The molecular weight excluding hydrogens is 364 g/mol. The van der Waals surface area contributed by atoms with Crippen molar-refractivity contribution in [1.29, 1.82) is 0 Å². The average molecular weight is 401 g/mol. The summed E-state index contributed by atoms with van der Waals surface area (Å²) < 4.78 is 11.1. The third kappa shape index (κ3) is 9.82. The number of benzene rings is 1. The van der Waals surface area contributed by atoms with Crippen LogP contribution in [0.4, 0.5) is 0 Å². The Morgan fingerprint density at radius 1 is 0.821 bits per heavy atom. The molecule has 0 aromatic heterocycles. The Morgan fingerprint density at radius 2 is 1.43 bits per heavy atom. The van der Waals surface area contributed by atoms with Gasteiger partial charge in [0.1, 0.15) is 30.2 Å². The summed E-state index contributed by atoms with van der Waals surface area (Å²) in [4.78, 5) is 0. The molecule has 5 N–H and O–H groups in total. The van der Waals surface area contributed by atoms with Crippen molar-refractivity contribution < 1.29 is 35.0 Å². The van der Waals surface area contributed by atoms with Crippen molar-refractivity contribution in [3.05, 3.63) is 29.8 Å². The quantitative estimate of drug-likeness (QED) is 0.266. The number of hydrogen-bond acceptors (Lipinski definition) is 7. The van der Waals surface area contributed by atoms with Gasteiger partial charge in [0.05, 0.1) is 26.4 Å². The van der Waals surface area contributed by atoms with Gasteiger partial charge in [0.25, 0.3) is 0 Å². The molecule has 1 aromatic carbocycles. The Morgan fingerprint density at radius 3 is 2.07 bits per heavy atom. The van der Waals surface area contributed by atoms with Gasteiger partial charge in [-0.3, -0.25) is 0 Å². The van der Waals surface area contributed by atoms with Gasteiger partial charge in [-0.25, -0.2) is 0 Å². The topological polar surface area (TPSA) is 120 Å². The van der Waals surface area contributed by atoms with Crippen LogP contribution in [-0.4, -0.2) is 69.8 Å². The van der Waals surface area contributed by atoms with Gasteiger partial charge in [0.2, 0.25) is 0 Å². The van der Waals surface area contributed by atoms with E-state index in [4.69, 9.17) is 14.6 Å². The largest absolute Gasteiger partial charge is 0.494 e. The summed E-state index contributed by atoms with van der Waals surface area (Å²) in [6.45, 7) is 2.21. The van der Waals surface area contributed by atoms with E-state index in [9.17, 15) is 20.4 Å². The maximum absolute atomic E-state index is 9.80. The molecule has 0 aliphatic carbocycles. The van der Waals surface area contributed by atoms with E-state index in [0.29, 0.717) is 6.61 Å². The zero-order valence-corrected chi connectivity index (χ0v) is 16.7. The normalized spacial score (nSPS) is 15.8. The molecule has 1 aromatic rings. The van der Waals surface area contributed by atoms with E-state index in [1.165, 1.54) is 32.1 Å². The monoisotopic (exact) mass is 400 g/mol. The van der Waals surface area contributed by atoms with Gasteiger partial charge in [-0.1, -0.05) is 51.2 Å². The van der Waals surface area contributed by atoms with Crippen molar-refractivity contribution in [3.63, 3.8) is 0 Å². The molecule has 162 valence electrons. The zero-order chi connectivity index (χ0) is 20.8. The molecule has 0 bridgehead atoms. The van der Waals surface area contributed by atoms with Gasteiger partial charge < -0.3 is 35.0 Å². The molecule has 0 radical (unpaired) electrons. The third-order valence-electron chi connectivity index (χ3n) is 4.57. The fraction of sp³-hybridized carbons (Fsp3) is 0.714. The minimum atomic E-state index is -1.65. The minimum absolute atomic E-state index is 0.216. The van der Waals surface area contributed by atoms with Crippen molar-refractivity contribution >= 4 is 0 Å². The van der Waals surface area contributed by atoms with Gasteiger partial charge in [-0.15, -0.1) is 0 Å². The van der Waals surface area contributed by atoms with E-state index in [1.54, 1.807) is 0 Å². The fourth-order valence-corrected chi connectivity index (χ4v) is 2.71. The predicted octanol–water partition coefficient (Wildman–Crippen LogP) is 1.38. The van der Waals surface area contributed by atoms with Gasteiger partial charge in [-0.05, 0) is 24.1 Å². The lowest BCUT2D eigenvalue weighted by molar-refractivity contribution is -0.130. The summed E-state index contributed by atoms with van der Waals surface area (Å²) in [7, 11) is 0. The Labute approximate surface area is 167 Å². The van der Waals surface area contributed by atoms with Gasteiger partial charge in [0, 0.05) is 0 Å². The molecule has 7 heteroatoms. The molecule has 0 aliphatic heterocycles. The third-order valence-corrected chi connectivity index (χ3v) is 4.57. The van der Waals surface area contributed by atoms with E-state index < -0.39 is 31.0 Å². The second kappa shape index (κ2) is 14.7. The molecular formula is C21H36O7. The van der Waals surface area contributed by atoms with E-state index in [1.807, 2.05) is 24.3 Å². The minimum Gasteiger partial charge on any atom is -0.494 e. The predicted molar refractivity (Wildman–Crippen MR) is 106 cm³/mol. The molecule has 0 saturated heterocycles. The summed E-state index contributed by atoms with van der Waals surface area (Å²) >= 11 is 0. The maximum Gasteiger partial charge on any atom is 0.119 e. The summed E-state index contributed by atoms with van der Waals surface area (Å²) in [5.41, 5.74) is 0.879. The smallest absolute Gasteiger partial charge is 0.119 e. The maximum atomic E-state index is 9.80. The zero-order valence-electron chi connectivity index (χ0n) is 16.7. The van der Waals surface area contributed by atoms with Crippen molar-refractivity contribution in [3.8, 4) is 5.75 Å². The SMILES string of the molecule is CCCCCCCCOc1ccc(COCC(O)C(O)C(O)C(O)CO)cc1. The standard InChI is InChI=1S/C21H36O7/c1-2-3-4-5-6-7-12-28-17-10-8-16(9-11-17)14-27-15-19(24)21(26)20(25)18(23)13-22/h8-11,18-26H,2-7,12-15H2,1H3. The van der Waals surface area contributed by atoms with Crippen LogP contribution in [0.25, 0.3) is 0 Å². The number of unbranched alkanes of at least 4 members (excludes halogenated alkanes) is 5. The van der Waals surface area contributed by atoms with Crippen LogP contribution >= 0.6 is 0 Å². The van der Waals surface area contributed by atoms with Crippen LogP contribution in [-0.2, 0) is 11.3 Å². The molecule has 28 heavy (non-hydrogen) atoms. The molecule has 0 spiro atoms. The Hall–Kier alpha value is -1.22. The van der Waals surface area contributed by atoms with Crippen LogP contribution in [0, 0.1) is 0 Å². The lowest BCUT2D eigenvalue weighted by Crippen LogP contribution is -2.47. The summed E-state index contributed by atoms with van der Waals surface area (Å²) in [6.07, 6.45) is 1.17. The Kier molecular flexibility index (Phi) is 13.1. The number of aliphatic hydroxyl groups excluding tert-OH is 5. The van der Waals surface area contributed by atoms with Crippen LogP contribution in [0.15, 0.2) is 24.3 Å². The summed E-state index contributed by atoms with van der Waals surface area (Å²) in [5, 5.41) is 47.1. The second-order valence-corrected chi connectivity index (χ2v) is 7.07. The molecule has 0 saturated carbocycles. The van der Waals surface area contributed by atoms with Crippen molar-refractivity contribution in [2.75, 3.05) is 19.8 Å². The van der Waals surface area contributed by atoms with Crippen LogP contribution < -0.4 is 4.74 Å². The molecule has 4 unspecified atom stereocenters. The first-order valence-corrected chi connectivity index (χ1v) is 10.1. The highest BCUT2D eigenvalue weighted by atomic mass is 16.5. The lowest BCUT2D eigenvalue weighted by Gasteiger charge is -2.25. The Bertz CT molecular complexity index is 494. The molecule has 0 fully saturated rings. The van der Waals surface area contributed by atoms with Crippen molar-refractivity contribution in [2.45, 2.75) is 76.5 Å². The van der Waals surface area contributed by atoms with Crippen LogP contribution in [0.5, 0.6) is 5.75 Å². The van der Waals surface area contributed by atoms with Gasteiger partial charge >= 0.3 is 0 Å². The first kappa shape index (κ1) is 24.8. The first-order chi connectivity index (χ1) is 13.5. The molecule has 7 nitrogen and oxygen atoms in total. The first-order valence-electron chi connectivity index (χ1n) is 10.1. The Balaban J connectivity index is 2.22. The number of rotatable bonds is 16. The number of ether oxygens (including phenoxy) is 2. The molecule has 0 aliphatic rings. The van der Waals surface area contributed by atoms with Crippen molar-refractivity contribution in [1.82, 2.24) is 0 Å².